The summed E-state index contributed by atoms with van der Waals surface area (Å²) >= 11 is 6.15. The number of ether oxygens (including phenoxy) is 1. The summed E-state index contributed by atoms with van der Waals surface area (Å²) in [6.07, 6.45) is 0.658. The fraction of sp³-hybridized carbons (Fsp3) is 0.316. The van der Waals surface area contributed by atoms with E-state index in [4.69, 9.17) is 16.3 Å². The van der Waals surface area contributed by atoms with Gasteiger partial charge >= 0.3 is 0 Å². The van der Waals surface area contributed by atoms with Crippen molar-refractivity contribution in [1.82, 2.24) is 9.62 Å². The molecule has 0 bridgehead atoms. The van der Waals surface area contributed by atoms with E-state index in [1.165, 1.54) is 32.3 Å². The van der Waals surface area contributed by atoms with E-state index < -0.39 is 15.9 Å². The van der Waals surface area contributed by atoms with Gasteiger partial charge in [0.1, 0.15) is 5.75 Å². The van der Waals surface area contributed by atoms with Crippen LogP contribution in [0.25, 0.3) is 0 Å². The first-order valence-electron chi connectivity index (χ1n) is 8.37. The summed E-state index contributed by atoms with van der Waals surface area (Å²) in [5.74, 6) is 0.294. The van der Waals surface area contributed by atoms with E-state index in [0.29, 0.717) is 6.42 Å². The molecule has 146 valence electrons. The SMILES string of the molecule is CC[C@H](NC(=O)c1cc(S(=O)(=O)N(C)C)ccc1Cl)c1ccc(OC)cc1. The largest absolute Gasteiger partial charge is 0.497 e. The number of halogens is 1. The van der Waals surface area contributed by atoms with Crippen molar-refractivity contribution in [2.24, 2.45) is 0 Å². The summed E-state index contributed by atoms with van der Waals surface area (Å²) in [6.45, 7) is 1.95. The lowest BCUT2D eigenvalue weighted by atomic mass is 10.0. The molecule has 8 heteroatoms. The van der Waals surface area contributed by atoms with Crippen LogP contribution in [0, 0.1) is 0 Å². The quantitative estimate of drug-likeness (QED) is 0.758. The van der Waals surface area contributed by atoms with Gasteiger partial charge in [0.25, 0.3) is 5.91 Å². The molecule has 27 heavy (non-hydrogen) atoms. The van der Waals surface area contributed by atoms with Crippen LogP contribution in [0.3, 0.4) is 0 Å². The van der Waals surface area contributed by atoms with Crippen LogP contribution in [-0.2, 0) is 10.0 Å². The number of nitrogens with zero attached hydrogens (tertiary/aromatic N) is 1. The molecule has 1 atom stereocenters. The van der Waals surface area contributed by atoms with Gasteiger partial charge in [0.2, 0.25) is 10.0 Å². The predicted molar refractivity (Wildman–Crippen MR) is 106 cm³/mol. The first kappa shape index (κ1) is 21.2. The van der Waals surface area contributed by atoms with E-state index in [1.807, 2.05) is 31.2 Å². The standard InChI is InChI=1S/C19H23ClN2O4S/c1-5-18(13-6-8-14(26-4)9-7-13)21-19(23)16-12-15(10-11-17(16)20)27(24,25)22(2)3/h6-12,18H,5H2,1-4H3,(H,21,23)/t18-/m0/s1. The lowest BCUT2D eigenvalue weighted by Crippen LogP contribution is -2.29. The monoisotopic (exact) mass is 410 g/mol. The minimum Gasteiger partial charge on any atom is -0.497 e. The van der Waals surface area contributed by atoms with Crippen LogP contribution >= 0.6 is 11.6 Å². The Morgan fingerprint density at radius 3 is 2.33 bits per heavy atom. The van der Waals surface area contributed by atoms with Crippen molar-refractivity contribution in [1.29, 1.82) is 0 Å². The third-order valence-electron chi connectivity index (χ3n) is 4.19. The average Bonchev–Trinajstić information content (AvgIpc) is 2.66. The van der Waals surface area contributed by atoms with E-state index in [9.17, 15) is 13.2 Å². The Morgan fingerprint density at radius 1 is 1.19 bits per heavy atom. The van der Waals surface area contributed by atoms with Crippen LogP contribution < -0.4 is 10.1 Å². The van der Waals surface area contributed by atoms with Crippen molar-refractivity contribution < 1.29 is 17.9 Å². The smallest absolute Gasteiger partial charge is 0.253 e. The summed E-state index contributed by atoms with van der Waals surface area (Å²) in [4.78, 5) is 12.8. The van der Waals surface area contributed by atoms with Crippen LogP contribution in [0.2, 0.25) is 5.02 Å². The Labute approximate surface area is 165 Å². The third-order valence-corrected chi connectivity index (χ3v) is 6.33. The fourth-order valence-corrected chi connectivity index (χ4v) is 3.67. The van der Waals surface area contributed by atoms with Crippen molar-refractivity contribution in [2.75, 3.05) is 21.2 Å². The Kier molecular flexibility index (Phi) is 6.86. The number of carbonyl (C=O) groups is 1. The molecule has 0 radical (unpaired) electrons. The molecule has 0 aliphatic carbocycles. The predicted octanol–water partition coefficient (Wildman–Crippen LogP) is 3.48. The fourth-order valence-electron chi connectivity index (χ4n) is 2.54. The van der Waals surface area contributed by atoms with Crippen molar-refractivity contribution in [2.45, 2.75) is 24.3 Å². The Morgan fingerprint density at radius 2 is 1.81 bits per heavy atom. The number of methoxy groups -OCH3 is 1. The summed E-state index contributed by atoms with van der Waals surface area (Å²) < 4.78 is 30.9. The zero-order valence-corrected chi connectivity index (χ0v) is 17.3. The number of nitrogens with one attached hydrogen (secondary N) is 1. The third kappa shape index (κ3) is 4.80. The molecule has 2 rings (SSSR count). The van der Waals surface area contributed by atoms with Gasteiger partial charge < -0.3 is 10.1 Å². The molecule has 1 N–H and O–H groups in total. The van der Waals surface area contributed by atoms with Gasteiger partial charge in [-0.3, -0.25) is 4.79 Å². The van der Waals surface area contributed by atoms with Gasteiger partial charge in [0, 0.05) is 14.1 Å². The van der Waals surface area contributed by atoms with E-state index >= 15 is 0 Å². The number of amides is 1. The Bertz CT molecular complexity index is 912. The number of hydrogen-bond acceptors (Lipinski definition) is 4. The molecule has 0 fully saturated rings. The number of sulfonamides is 1. The molecule has 0 heterocycles. The van der Waals surface area contributed by atoms with Crippen LogP contribution in [0.4, 0.5) is 0 Å². The van der Waals surface area contributed by atoms with Gasteiger partial charge in [0.15, 0.2) is 0 Å². The molecule has 0 saturated carbocycles. The van der Waals surface area contributed by atoms with E-state index in [1.54, 1.807) is 7.11 Å². The van der Waals surface area contributed by atoms with Gasteiger partial charge in [-0.05, 0) is 42.3 Å². The highest BCUT2D eigenvalue weighted by molar-refractivity contribution is 7.89. The second-order valence-corrected chi connectivity index (χ2v) is 8.70. The van der Waals surface area contributed by atoms with Gasteiger partial charge in [0.05, 0.1) is 28.6 Å². The Hall–Kier alpha value is -2.09. The molecule has 0 spiro atoms. The molecule has 0 aromatic heterocycles. The normalized spacial score (nSPS) is 12.7. The maximum atomic E-state index is 12.8. The molecule has 0 aliphatic rings. The molecule has 0 unspecified atom stereocenters. The summed E-state index contributed by atoms with van der Waals surface area (Å²) in [7, 11) is 0.787. The minimum absolute atomic E-state index is 0.0135. The van der Waals surface area contributed by atoms with Gasteiger partial charge in [-0.25, -0.2) is 12.7 Å². The maximum absolute atomic E-state index is 12.8. The van der Waals surface area contributed by atoms with E-state index in [2.05, 4.69) is 5.32 Å². The van der Waals surface area contributed by atoms with Crippen molar-refractivity contribution in [3.8, 4) is 5.75 Å². The van der Waals surface area contributed by atoms with Crippen molar-refractivity contribution in [3.63, 3.8) is 0 Å². The molecule has 1 amide bonds. The summed E-state index contributed by atoms with van der Waals surface area (Å²) in [6, 6.07) is 11.3. The van der Waals surface area contributed by atoms with E-state index in [-0.39, 0.29) is 21.5 Å². The number of rotatable bonds is 7. The van der Waals surface area contributed by atoms with E-state index in [0.717, 1.165) is 15.6 Å². The van der Waals surface area contributed by atoms with Crippen molar-refractivity contribution in [3.05, 3.63) is 58.6 Å². The minimum atomic E-state index is -3.66. The number of hydrogen-bond donors (Lipinski definition) is 1. The van der Waals surface area contributed by atoms with Crippen LogP contribution in [-0.4, -0.2) is 39.8 Å². The van der Waals surface area contributed by atoms with Crippen LogP contribution in [0.1, 0.15) is 35.3 Å². The number of carbonyl (C=O) groups excluding carboxylic acids is 1. The topological polar surface area (TPSA) is 75.7 Å². The second kappa shape index (κ2) is 8.73. The molecular weight excluding hydrogens is 388 g/mol. The van der Waals surface area contributed by atoms with Gasteiger partial charge in [-0.2, -0.15) is 0 Å². The highest BCUT2D eigenvalue weighted by Crippen LogP contribution is 2.25. The molecular formula is C19H23ClN2O4S. The van der Waals surface area contributed by atoms with Crippen LogP contribution in [0.15, 0.2) is 47.4 Å². The summed E-state index contributed by atoms with van der Waals surface area (Å²) in [5, 5.41) is 3.10. The highest BCUT2D eigenvalue weighted by Gasteiger charge is 2.22. The highest BCUT2D eigenvalue weighted by atomic mass is 35.5. The number of benzene rings is 2. The molecule has 6 nitrogen and oxygen atoms in total. The zero-order valence-electron chi connectivity index (χ0n) is 15.7. The summed E-state index contributed by atoms with van der Waals surface area (Å²) in [5.41, 5.74) is 1.03. The molecule has 0 saturated heterocycles. The maximum Gasteiger partial charge on any atom is 0.253 e. The van der Waals surface area contributed by atoms with Gasteiger partial charge in [-0.1, -0.05) is 30.7 Å². The average molecular weight is 411 g/mol. The first-order chi connectivity index (χ1) is 12.7. The lowest BCUT2D eigenvalue weighted by Gasteiger charge is -2.19. The lowest BCUT2D eigenvalue weighted by molar-refractivity contribution is 0.0935. The second-order valence-electron chi connectivity index (χ2n) is 6.14. The molecule has 0 aliphatic heterocycles. The Balaban J connectivity index is 2.30. The zero-order chi connectivity index (χ0) is 20.2. The molecule has 2 aromatic rings. The molecule has 2 aromatic carbocycles. The van der Waals surface area contributed by atoms with Gasteiger partial charge in [-0.15, -0.1) is 0 Å². The first-order valence-corrected chi connectivity index (χ1v) is 10.2. The van der Waals surface area contributed by atoms with Crippen LogP contribution in [0.5, 0.6) is 5.75 Å². The van der Waals surface area contributed by atoms with Crippen molar-refractivity contribution >= 4 is 27.5 Å².